The summed E-state index contributed by atoms with van der Waals surface area (Å²) in [5.74, 6) is -0.166. The van der Waals surface area contributed by atoms with E-state index < -0.39 is 23.4 Å². The number of para-hydroxylation sites is 1. The normalized spacial score (nSPS) is 21.1. The minimum Gasteiger partial charge on any atom is -0.457 e. The van der Waals surface area contributed by atoms with E-state index in [9.17, 15) is 14.9 Å². The van der Waals surface area contributed by atoms with E-state index in [1.165, 1.54) is 0 Å². The molecule has 2 aromatic carbocycles. The van der Waals surface area contributed by atoms with Gasteiger partial charge in [0.25, 0.3) is 0 Å². The molecular weight excluding hydrogens is 330 g/mol. The summed E-state index contributed by atoms with van der Waals surface area (Å²) in [4.78, 5) is 23.4. The Labute approximate surface area is 152 Å². The number of nitrogens with zero attached hydrogens (tertiary/aromatic N) is 1. The second-order valence-corrected chi connectivity index (χ2v) is 6.89. The van der Waals surface area contributed by atoms with Gasteiger partial charge < -0.3 is 14.3 Å². The van der Waals surface area contributed by atoms with Crippen molar-refractivity contribution in [1.82, 2.24) is 0 Å². The number of hydrogen-bond acceptors (Lipinski definition) is 5. The Morgan fingerprint density at radius 3 is 2.46 bits per heavy atom. The predicted octanol–water partition coefficient (Wildman–Crippen LogP) is 4.06. The fourth-order valence-electron chi connectivity index (χ4n) is 3.11. The molecule has 0 N–H and O–H groups in total. The van der Waals surface area contributed by atoms with Crippen LogP contribution in [0.2, 0.25) is 0 Å². The number of hydrogen-bond donors (Lipinski definition) is 0. The van der Waals surface area contributed by atoms with E-state index in [0.717, 1.165) is 6.29 Å². The number of carbonyl (C=O) groups excluding carboxylic acids is 2. The van der Waals surface area contributed by atoms with Crippen LogP contribution in [-0.2, 0) is 14.3 Å². The van der Waals surface area contributed by atoms with E-state index in [0.29, 0.717) is 17.1 Å². The summed E-state index contributed by atoms with van der Waals surface area (Å²) < 4.78 is 11.1. The molecule has 3 atom stereocenters. The first-order chi connectivity index (χ1) is 12.5. The summed E-state index contributed by atoms with van der Waals surface area (Å²) in [5, 5.41) is 9.43. The highest BCUT2D eigenvalue weighted by Crippen LogP contribution is 2.57. The fraction of sp³-hybridized carbons (Fsp3) is 0.286. The van der Waals surface area contributed by atoms with Crippen molar-refractivity contribution in [3.8, 4) is 17.6 Å². The Bertz CT molecular complexity index is 854. The van der Waals surface area contributed by atoms with Crippen LogP contribution in [0.4, 0.5) is 0 Å². The Morgan fingerprint density at radius 1 is 1.15 bits per heavy atom. The first-order valence-electron chi connectivity index (χ1n) is 8.35. The van der Waals surface area contributed by atoms with E-state index in [2.05, 4.69) is 0 Å². The lowest BCUT2D eigenvalue weighted by atomic mass is 10.1. The molecule has 0 aliphatic heterocycles. The minimum atomic E-state index is -1.05. The van der Waals surface area contributed by atoms with Gasteiger partial charge in [-0.3, -0.25) is 4.79 Å². The van der Waals surface area contributed by atoms with Crippen molar-refractivity contribution in [2.75, 3.05) is 0 Å². The number of rotatable bonds is 6. The van der Waals surface area contributed by atoms with Crippen LogP contribution in [-0.4, -0.2) is 12.3 Å². The molecule has 132 valence electrons. The fourth-order valence-corrected chi connectivity index (χ4v) is 3.11. The molecule has 1 fully saturated rings. The van der Waals surface area contributed by atoms with Gasteiger partial charge in [0.2, 0.25) is 6.10 Å². The second-order valence-electron chi connectivity index (χ2n) is 6.89. The quantitative estimate of drug-likeness (QED) is 0.581. The molecule has 1 saturated carbocycles. The van der Waals surface area contributed by atoms with E-state index in [4.69, 9.17) is 9.47 Å². The van der Waals surface area contributed by atoms with Crippen molar-refractivity contribution in [2.24, 2.45) is 17.3 Å². The van der Waals surface area contributed by atoms with Crippen LogP contribution in [0.25, 0.3) is 0 Å². The van der Waals surface area contributed by atoms with Gasteiger partial charge >= 0.3 is 5.97 Å². The SMILES string of the molecule is CC1(C)[C@H](C(=O)O[C@@H](C#N)c2cccc(Oc3ccccc3)c2)[C@@H]1C=O. The summed E-state index contributed by atoms with van der Waals surface area (Å²) in [5.41, 5.74) is 0.104. The maximum atomic E-state index is 12.3. The first kappa shape index (κ1) is 17.7. The lowest BCUT2D eigenvalue weighted by Crippen LogP contribution is -2.14. The highest BCUT2D eigenvalue weighted by Gasteiger charge is 2.63. The average Bonchev–Trinajstić information content (AvgIpc) is 3.21. The predicted molar refractivity (Wildman–Crippen MR) is 94.2 cm³/mol. The molecule has 1 aliphatic carbocycles. The van der Waals surface area contributed by atoms with Gasteiger partial charge in [-0.15, -0.1) is 0 Å². The van der Waals surface area contributed by atoms with Gasteiger partial charge in [0, 0.05) is 11.5 Å². The topological polar surface area (TPSA) is 76.4 Å². The molecule has 5 heteroatoms. The zero-order valence-electron chi connectivity index (χ0n) is 14.6. The number of ether oxygens (including phenoxy) is 2. The number of aldehydes is 1. The number of carbonyl (C=O) groups is 2. The second kappa shape index (κ2) is 7.01. The molecule has 0 heterocycles. The van der Waals surface area contributed by atoms with Gasteiger partial charge in [-0.1, -0.05) is 44.2 Å². The zero-order valence-corrected chi connectivity index (χ0v) is 14.6. The van der Waals surface area contributed by atoms with E-state index in [-0.39, 0.29) is 5.92 Å². The van der Waals surface area contributed by atoms with Crippen LogP contribution in [0, 0.1) is 28.6 Å². The van der Waals surface area contributed by atoms with Crippen LogP contribution < -0.4 is 4.74 Å². The Hall–Kier alpha value is -3.13. The van der Waals surface area contributed by atoms with E-state index in [1.807, 2.05) is 50.2 Å². The Balaban J connectivity index is 1.73. The Kier molecular flexibility index (Phi) is 4.77. The van der Waals surface area contributed by atoms with Gasteiger partial charge in [0.1, 0.15) is 23.9 Å². The van der Waals surface area contributed by atoms with Crippen molar-refractivity contribution in [3.63, 3.8) is 0 Å². The van der Waals surface area contributed by atoms with Crippen molar-refractivity contribution < 1.29 is 19.1 Å². The van der Waals surface area contributed by atoms with Gasteiger partial charge in [-0.2, -0.15) is 5.26 Å². The molecule has 26 heavy (non-hydrogen) atoms. The van der Waals surface area contributed by atoms with Gasteiger partial charge in [-0.25, -0.2) is 0 Å². The highest BCUT2D eigenvalue weighted by atomic mass is 16.5. The molecule has 0 spiro atoms. The summed E-state index contributed by atoms with van der Waals surface area (Å²) in [6, 6.07) is 18.1. The number of benzene rings is 2. The van der Waals surface area contributed by atoms with Crippen molar-refractivity contribution in [2.45, 2.75) is 20.0 Å². The van der Waals surface area contributed by atoms with Crippen molar-refractivity contribution in [3.05, 3.63) is 60.2 Å². The van der Waals surface area contributed by atoms with E-state index >= 15 is 0 Å². The lowest BCUT2D eigenvalue weighted by molar-refractivity contribution is -0.149. The van der Waals surface area contributed by atoms with Crippen LogP contribution in [0.1, 0.15) is 25.5 Å². The van der Waals surface area contributed by atoms with Crippen molar-refractivity contribution >= 4 is 12.3 Å². The van der Waals surface area contributed by atoms with Gasteiger partial charge in [0.05, 0.1) is 5.92 Å². The van der Waals surface area contributed by atoms with Gasteiger partial charge in [0.15, 0.2) is 0 Å². The molecule has 0 amide bonds. The third-order valence-electron chi connectivity index (χ3n) is 4.80. The van der Waals surface area contributed by atoms with Crippen LogP contribution >= 0.6 is 0 Å². The third-order valence-corrected chi connectivity index (χ3v) is 4.80. The summed E-state index contributed by atoms with van der Waals surface area (Å²) >= 11 is 0. The Morgan fingerprint density at radius 2 is 1.85 bits per heavy atom. The minimum absolute atomic E-state index is 0.359. The third kappa shape index (κ3) is 3.45. The molecule has 0 aromatic heterocycles. The number of esters is 1. The molecule has 3 rings (SSSR count). The summed E-state index contributed by atoms with van der Waals surface area (Å²) in [7, 11) is 0. The lowest BCUT2D eigenvalue weighted by Gasteiger charge is -2.13. The molecule has 0 saturated heterocycles. The largest absolute Gasteiger partial charge is 0.457 e. The molecule has 5 nitrogen and oxygen atoms in total. The highest BCUT2D eigenvalue weighted by molar-refractivity contribution is 5.84. The van der Waals surface area contributed by atoms with Crippen LogP contribution in [0.15, 0.2) is 54.6 Å². The molecule has 0 radical (unpaired) electrons. The molecule has 2 aromatic rings. The maximum absolute atomic E-state index is 12.3. The van der Waals surface area contributed by atoms with Crippen molar-refractivity contribution in [1.29, 1.82) is 5.26 Å². The summed E-state index contributed by atoms with van der Waals surface area (Å²) in [6.07, 6.45) is -0.271. The summed E-state index contributed by atoms with van der Waals surface area (Å²) in [6.45, 7) is 3.68. The maximum Gasteiger partial charge on any atom is 0.311 e. The number of nitriles is 1. The molecular formula is C21H19NO4. The van der Waals surface area contributed by atoms with Gasteiger partial charge in [-0.05, 0) is 29.7 Å². The molecule has 0 unspecified atom stereocenters. The molecule has 1 aliphatic rings. The standard InChI is InChI=1S/C21H19NO4/c1-21(2)17(13-23)19(21)20(24)26-18(12-22)14-7-6-10-16(11-14)25-15-8-4-3-5-9-15/h3-11,13,17-19H,1-2H3/t17-,18-,19-/m0/s1. The smallest absolute Gasteiger partial charge is 0.311 e. The average molecular weight is 349 g/mol. The van der Waals surface area contributed by atoms with Crippen LogP contribution in [0.3, 0.4) is 0 Å². The van der Waals surface area contributed by atoms with E-state index in [1.54, 1.807) is 24.3 Å². The first-order valence-corrected chi connectivity index (χ1v) is 8.35. The van der Waals surface area contributed by atoms with Crippen LogP contribution in [0.5, 0.6) is 11.5 Å². The molecule has 0 bridgehead atoms. The zero-order chi connectivity index (χ0) is 18.7. The monoisotopic (exact) mass is 349 g/mol.